The molecule has 5 nitrogen and oxygen atoms in total. The Hall–Kier alpha value is -2.92. The summed E-state index contributed by atoms with van der Waals surface area (Å²) in [6.07, 6.45) is 3.66. The van der Waals surface area contributed by atoms with Gasteiger partial charge >= 0.3 is 0 Å². The van der Waals surface area contributed by atoms with Gasteiger partial charge in [0.15, 0.2) is 11.5 Å². The van der Waals surface area contributed by atoms with Crippen LogP contribution in [0.2, 0.25) is 5.02 Å². The third kappa shape index (κ3) is 2.83. The van der Waals surface area contributed by atoms with Crippen molar-refractivity contribution < 1.29 is 9.15 Å². The number of nitrogens with zero attached hydrogens (tertiary/aromatic N) is 2. The second-order valence-corrected chi connectivity index (χ2v) is 6.06. The zero-order chi connectivity index (χ0) is 17.4. The largest absolute Gasteiger partial charge is 0.497 e. The minimum Gasteiger partial charge on any atom is -0.497 e. The lowest BCUT2D eigenvalue weighted by Crippen LogP contribution is -1.89. The van der Waals surface area contributed by atoms with E-state index in [2.05, 4.69) is 10.3 Å². The average molecular weight is 354 g/mol. The molecule has 1 N–H and O–H groups in total. The zero-order valence-corrected chi connectivity index (χ0v) is 14.5. The molecular formula is C19H16ClN3O2. The van der Waals surface area contributed by atoms with Crippen LogP contribution in [0.25, 0.3) is 16.9 Å². The molecule has 0 fully saturated rings. The first-order valence-electron chi connectivity index (χ1n) is 7.79. The average Bonchev–Trinajstić information content (AvgIpc) is 3.20. The molecule has 0 aliphatic rings. The quantitative estimate of drug-likeness (QED) is 0.540. The first-order valence-corrected chi connectivity index (χ1v) is 8.16. The van der Waals surface area contributed by atoms with E-state index >= 15 is 0 Å². The predicted octanol–water partition coefficient (Wildman–Crippen LogP) is 5.31. The maximum absolute atomic E-state index is 6.24. The van der Waals surface area contributed by atoms with Gasteiger partial charge < -0.3 is 14.5 Å². The van der Waals surface area contributed by atoms with Crippen LogP contribution in [0.15, 0.2) is 59.3 Å². The highest BCUT2D eigenvalue weighted by Crippen LogP contribution is 2.31. The Labute approximate surface area is 149 Å². The van der Waals surface area contributed by atoms with Gasteiger partial charge in [-0.3, -0.25) is 4.40 Å². The molecule has 25 heavy (non-hydrogen) atoms. The number of pyridine rings is 1. The van der Waals surface area contributed by atoms with Gasteiger partial charge in [-0.05, 0) is 43.3 Å². The van der Waals surface area contributed by atoms with Crippen molar-refractivity contribution in [2.75, 3.05) is 12.4 Å². The summed E-state index contributed by atoms with van der Waals surface area (Å²) in [6, 6.07) is 13.3. The van der Waals surface area contributed by atoms with Gasteiger partial charge in [0, 0.05) is 23.5 Å². The number of benzene rings is 1. The summed E-state index contributed by atoms with van der Waals surface area (Å²) in [5, 5.41) is 3.86. The van der Waals surface area contributed by atoms with Crippen molar-refractivity contribution in [1.29, 1.82) is 0 Å². The van der Waals surface area contributed by atoms with Crippen LogP contribution in [0.4, 0.5) is 11.6 Å². The van der Waals surface area contributed by atoms with Gasteiger partial charge in [-0.15, -0.1) is 0 Å². The minimum absolute atomic E-state index is 0.622. The number of halogens is 1. The van der Waals surface area contributed by atoms with Crippen molar-refractivity contribution >= 4 is 28.8 Å². The lowest BCUT2D eigenvalue weighted by molar-refractivity contribution is 0.415. The lowest BCUT2D eigenvalue weighted by atomic mass is 10.2. The van der Waals surface area contributed by atoms with Crippen LogP contribution < -0.4 is 10.1 Å². The molecule has 4 aromatic rings. The minimum atomic E-state index is 0.622. The van der Waals surface area contributed by atoms with E-state index in [4.69, 9.17) is 20.8 Å². The van der Waals surface area contributed by atoms with Crippen LogP contribution in [-0.2, 0) is 0 Å². The molecule has 0 spiro atoms. The number of hydrogen-bond donors (Lipinski definition) is 1. The molecule has 0 aliphatic carbocycles. The molecule has 6 heteroatoms. The number of ether oxygens (including phenoxy) is 1. The molecule has 3 heterocycles. The summed E-state index contributed by atoms with van der Waals surface area (Å²) < 4.78 is 12.8. The summed E-state index contributed by atoms with van der Waals surface area (Å²) >= 11 is 6.24. The molecule has 0 saturated carbocycles. The van der Waals surface area contributed by atoms with Crippen LogP contribution in [0.5, 0.6) is 5.75 Å². The SMILES string of the molecule is COc1ccc(Nc2cc(-c3c(C)nc4c(Cl)cccn34)co2)cc1. The highest BCUT2D eigenvalue weighted by atomic mass is 35.5. The number of nitrogens with one attached hydrogen (secondary N) is 1. The van der Waals surface area contributed by atoms with E-state index in [9.17, 15) is 0 Å². The van der Waals surface area contributed by atoms with E-state index in [-0.39, 0.29) is 0 Å². The Morgan fingerprint density at radius 2 is 2.00 bits per heavy atom. The smallest absolute Gasteiger partial charge is 0.197 e. The van der Waals surface area contributed by atoms with E-state index in [0.717, 1.165) is 34.0 Å². The number of aryl methyl sites for hydroxylation is 1. The normalized spacial score (nSPS) is 11.0. The third-order valence-corrected chi connectivity index (χ3v) is 4.30. The number of fused-ring (bicyclic) bond motifs is 1. The van der Waals surface area contributed by atoms with Gasteiger partial charge in [0.25, 0.3) is 0 Å². The molecule has 4 rings (SSSR count). The van der Waals surface area contributed by atoms with Crippen molar-refractivity contribution in [3.63, 3.8) is 0 Å². The Balaban J connectivity index is 1.67. The molecule has 3 aromatic heterocycles. The molecule has 126 valence electrons. The number of hydrogen-bond acceptors (Lipinski definition) is 4. The van der Waals surface area contributed by atoms with Crippen molar-refractivity contribution in [2.45, 2.75) is 6.92 Å². The van der Waals surface area contributed by atoms with Crippen LogP contribution in [0.3, 0.4) is 0 Å². The molecule has 1 aromatic carbocycles. The van der Waals surface area contributed by atoms with Gasteiger partial charge in [-0.1, -0.05) is 11.6 Å². The molecule has 0 aliphatic heterocycles. The van der Waals surface area contributed by atoms with E-state index in [1.54, 1.807) is 13.4 Å². The number of methoxy groups -OCH3 is 1. The van der Waals surface area contributed by atoms with E-state index in [1.165, 1.54) is 0 Å². The van der Waals surface area contributed by atoms with E-state index < -0.39 is 0 Å². The van der Waals surface area contributed by atoms with Crippen LogP contribution in [0.1, 0.15) is 5.69 Å². The van der Waals surface area contributed by atoms with E-state index in [1.807, 2.05) is 60.0 Å². The van der Waals surface area contributed by atoms with Crippen LogP contribution >= 0.6 is 11.6 Å². The Bertz CT molecular complexity index is 1030. The topological polar surface area (TPSA) is 51.7 Å². The predicted molar refractivity (Wildman–Crippen MR) is 98.9 cm³/mol. The molecule has 0 unspecified atom stereocenters. The van der Waals surface area contributed by atoms with Gasteiger partial charge in [0.2, 0.25) is 0 Å². The highest BCUT2D eigenvalue weighted by Gasteiger charge is 2.15. The molecule has 0 saturated heterocycles. The second kappa shape index (κ2) is 6.18. The van der Waals surface area contributed by atoms with Crippen molar-refractivity contribution in [1.82, 2.24) is 9.38 Å². The molecule has 0 radical (unpaired) electrons. The van der Waals surface area contributed by atoms with Gasteiger partial charge in [0.05, 0.1) is 23.5 Å². The summed E-state index contributed by atoms with van der Waals surface area (Å²) in [5.74, 6) is 1.46. The zero-order valence-electron chi connectivity index (χ0n) is 13.8. The van der Waals surface area contributed by atoms with Crippen molar-refractivity contribution in [3.05, 3.63) is 65.6 Å². The van der Waals surface area contributed by atoms with Gasteiger partial charge in [0.1, 0.15) is 12.0 Å². The van der Waals surface area contributed by atoms with Gasteiger partial charge in [-0.2, -0.15) is 0 Å². The summed E-state index contributed by atoms with van der Waals surface area (Å²) in [4.78, 5) is 4.56. The summed E-state index contributed by atoms with van der Waals surface area (Å²) in [6.45, 7) is 1.96. The Morgan fingerprint density at radius 3 is 2.76 bits per heavy atom. The fraction of sp³-hybridized carbons (Fsp3) is 0.105. The number of imidazole rings is 1. The number of anilines is 2. The highest BCUT2D eigenvalue weighted by molar-refractivity contribution is 6.33. The van der Waals surface area contributed by atoms with Crippen LogP contribution in [-0.4, -0.2) is 16.5 Å². The fourth-order valence-electron chi connectivity index (χ4n) is 2.84. The number of rotatable bonds is 4. The first kappa shape index (κ1) is 15.6. The first-order chi connectivity index (χ1) is 12.2. The standard InChI is InChI=1S/C19H16ClN3O2/c1-12-18(23-9-3-4-16(20)19(23)21-12)13-10-17(25-11-13)22-14-5-7-15(24-2)8-6-14/h3-11,22H,1-2H3. The maximum Gasteiger partial charge on any atom is 0.197 e. The Morgan fingerprint density at radius 1 is 1.20 bits per heavy atom. The monoisotopic (exact) mass is 353 g/mol. The third-order valence-electron chi connectivity index (χ3n) is 4.01. The van der Waals surface area contributed by atoms with E-state index in [0.29, 0.717) is 10.9 Å². The van der Waals surface area contributed by atoms with Gasteiger partial charge in [-0.25, -0.2) is 4.98 Å². The maximum atomic E-state index is 6.24. The van der Waals surface area contributed by atoms with Crippen molar-refractivity contribution in [2.24, 2.45) is 0 Å². The lowest BCUT2D eigenvalue weighted by Gasteiger charge is -2.04. The summed E-state index contributed by atoms with van der Waals surface area (Å²) in [7, 11) is 1.64. The second-order valence-electron chi connectivity index (χ2n) is 5.65. The summed E-state index contributed by atoms with van der Waals surface area (Å²) in [5.41, 5.74) is 4.44. The molecular weight excluding hydrogens is 338 g/mol. The van der Waals surface area contributed by atoms with Crippen LogP contribution in [0, 0.1) is 6.92 Å². The van der Waals surface area contributed by atoms with Crippen molar-refractivity contribution in [3.8, 4) is 17.0 Å². The fourth-order valence-corrected chi connectivity index (χ4v) is 3.04. The molecule has 0 bridgehead atoms. The Kier molecular flexibility index (Phi) is 3.86. The molecule has 0 atom stereocenters. The number of furan rings is 1. The molecule has 0 amide bonds. The number of aromatic nitrogens is 2.